The summed E-state index contributed by atoms with van der Waals surface area (Å²) in [4.78, 5) is 15.6. The van der Waals surface area contributed by atoms with E-state index in [1.165, 1.54) is 12.3 Å². The molecule has 1 aliphatic heterocycles. The summed E-state index contributed by atoms with van der Waals surface area (Å²) in [5.74, 6) is -0.615. The van der Waals surface area contributed by atoms with Crippen molar-refractivity contribution >= 4 is 33.6 Å². The lowest BCUT2D eigenvalue weighted by atomic mass is 9.95. The zero-order chi connectivity index (χ0) is 12.8. The van der Waals surface area contributed by atoms with Gasteiger partial charge < -0.3 is 0 Å². The van der Waals surface area contributed by atoms with Crippen LogP contribution in [0, 0.1) is 5.92 Å². The van der Waals surface area contributed by atoms with Crippen molar-refractivity contribution in [3.63, 3.8) is 0 Å². The highest BCUT2D eigenvalue weighted by atomic mass is 79.9. The van der Waals surface area contributed by atoms with E-state index < -0.39 is 17.7 Å². The van der Waals surface area contributed by atoms with E-state index in [1.54, 1.807) is 6.92 Å². The van der Waals surface area contributed by atoms with Gasteiger partial charge in [0.15, 0.2) is 5.78 Å². The Morgan fingerprint density at radius 2 is 2.00 bits per heavy atom. The molecule has 1 heterocycles. The van der Waals surface area contributed by atoms with E-state index >= 15 is 0 Å². The first-order valence-electron chi connectivity index (χ1n) is 4.80. The number of Topliss-reactive ketones (excluding diaryl/α,β-unsaturated/α-hetero) is 1. The molecule has 0 saturated heterocycles. The van der Waals surface area contributed by atoms with Crippen molar-refractivity contribution in [3.05, 3.63) is 27.7 Å². The maximum absolute atomic E-state index is 12.6. The Balaban J connectivity index is 2.62. The molecule has 0 bridgehead atoms. The van der Waals surface area contributed by atoms with Crippen LogP contribution in [0.15, 0.2) is 21.6 Å². The molecule has 1 unspecified atom stereocenters. The van der Waals surface area contributed by atoms with Gasteiger partial charge in [0.05, 0.1) is 17.2 Å². The smallest absolute Gasteiger partial charge is 0.293 e. The van der Waals surface area contributed by atoms with Crippen LogP contribution in [0.1, 0.15) is 22.8 Å². The Hall–Kier alpha value is -1.17. The molecule has 1 aromatic carbocycles. The minimum Gasteiger partial charge on any atom is -0.293 e. The number of halogens is 4. The number of benzene rings is 1. The molecule has 6 heteroatoms. The van der Waals surface area contributed by atoms with Crippen LogP contribution in [0.4, 0.5) is 18.9 Å². The van der Waals surface area contributed by atoms with E-state index in [2.05, 4.69) is 20.9 Å². The third kappa shape index (κ3) is 2.13. The molecule has 1 aromatic rings. The summed E-state index contributed by atoms with van der Waals surface area (Å²) < 4.78 is 37.7. The van der Waals surface area contributed by atoms with Gasteiger partial charge in [0.1, 0.15) is 0 Å². The van der Waals surface area contributed by atoms with E-state index in [4.69, 9.17) is 0 Å². The molecule has 2 nitrogen and oxygen atoms in total. The maximum Gasteiger partial charge on any atom is 0.417 e. The minimum atomic E-state index is -4.46. The predicted octanol–water partition coefficient (Wildman–Crippen LogP) is 4.00. The number of fused-ring (bicyclic) bond motifs is 1. The number of nitrogens with zero attached hydrogens (tertiary/aromatic N) is 1. The second-order valence-electron chi connectivity index (χ2n) is 3.78. The monoisotopic (exact) mass is 305 g/mol. The molecular weight excluding hydrogens is 299 g/mol. The van der Waals surface area contributed by atoms with Crippen molar-refractivity contribution in [1.29, 1.82) is 0 Å². The first-order valence-corrected chi connectivity index (χ1v) is 5.59. The molecule has 0 N–H and O–H groups in total. The van der Waals surface area contributed by atoms with E-state index in [0.717, 1.165) is 6.07 Å². The maximum atomic E-state index is 12.6. The third-order valence-corrected chi connectivity index (χ3v) is 3.16. The summed E-state index contributed by atoms with van der Waals surface area (Å²) in [7, 11) is 0. The topological polar surface area (TPSA) is 29.4 Å². The normalized spacial score (nSPS) is 19.4. The van der Waals surface area contributed by atoms with Gasteiger partial charge in [-0.15, -0.1) is 0 Å². The highest BCUT2D eigenvalue weighted by Gasteiger charge is 2.35. The minimum absolute atomic E-state index is 0.0728. The second kappa shape index (κ2) is 3.94. The molecule has 0 saturated carbocycles. The van der Waals surface area contributed by atoms with Crippen LogP contribution in [0.3, 0.4) is 0 Å². The standard InChI is InChI=1S/C11H7BrF3NO/c1-5-4-16-9-3-7(11(13,14)15)8(12)2-6(9)10(5)17/h2-5H,1H3. The van der Waals surface area contributed by atoms with Gasteiger partial charge in [-0.25, -0.2) is 0 Å². The number of carbonyl (C=O) groups excluding carboxylic acids is 1. The molecule has 0 spiro atoms. The number of carbonyl (C=O) groups is 1. The fraction of sp³-hybridized carbons (Fsp3) is 0.273. The summed E-state index contributed by atoms with van der Waals surface area (Å²) in [6, 6.07) is 2.08. The summed E-state index contributed by atoms with van der Waals surface area (Å²) in [5.41, 5.74) is -0.528. The molecule has 1 aliphatic rings. The van der Waals surface area contributed by atoms with E-state index in [9.17, 15) is 18.0 Å². The third-order valence-electron chi connectivity index (χ3n) is 2.51. The van der Waals surface area contributed by atoms with Gasteiger partial charge in [-0.2, -0.15) is 13.2 Å². The first kappa shape index (κ1) is 12.3. The summed E-state index contributed by atoms with van der Waals surface area (Å²) in [6.45, 7) is 1.65. The number of alkyl halides is 3. The predicted molar refractivity (Wildman–Crippen MR) is 60.8 cm³/mol. The van der Waals surface area contributed by atoms with Crippen molar-refractivity contribution in [1.82, 2.24) is 0 Å². The molecule has 0 radical (unpaired) electrons. The Morgan fingerprint density at radius 1 is 1.35 bits per heavy atom. The fourth-order valence-electron chi connectivity index (χ4n) is 1.59. The number of hydrogen-bond donors (Lipinski definition) is 0. The largest absolute Gasteiger partial charge is 0.417 e. The lowest BCUT2D eigenvalue weighted by Gasteiger charge is -2.17. The highest BCUT2D eigenvalue weighted by Crippen LogP contribution is 2.40. The van der Waals surface area contributed by atoms with Gasteiger partial charge in [-0.3, -0.25) is 9.79 Å². The van der Waals surface area contributed by atoms with Crippen molar-refractivity contribution < 1.29 is 18.0 Å². The summed E-state index contributed by atoms with van der Waals surface area (Å²) in [5, 5.41) is 0. The summed E-state index contributed by atoms with van der Waals surface area (Å²) >= 11 is 2.83. The average Bonchev–Trinajstić information content (AvgIpc) is 2.22. The molecule has 0 fully saturated rings. The fourth-order valence-corrected chi connectivity index (χ4v) is 2.16. The van der Waals surface area contributed by atoms with E-state index in [1.807, 2.05) is 0 Å². The molecule has 1 atom stereocenters. The Kier molecular flexibility index (Phi) is 2.85. The first-order chi connectivity index (χ1) is 7.80. The van der Waals surface area contributed by atoms with Gasteiger partial charge in [0, 0.05) is 16.3 Å². The molecule has 0 aromatic heterocycles. The Morgan fingerprint density at radius 3 is 2.59 bits per heavy atom. The van der Waals surface area contributed by atoms with Gasteiger partial charge in [-0.1, -0.05) is 22.9 Å². The van der Waals surface area contributed by atoms with Crippen LogP contribution in [0.25, 0.3) is 0 Å². The van der Waals surface area contributed by atoms with Crippen LogP contribution >= 0.6 is 15.9 Å². The van der Waals surface area contributed by atoms with Gasteiger partial charge >= 0.3 is 6.18 Å². The zero-order valence-electron chi connectivity index (χ0n) is 8.68. The van der Waals surface area contributed by atoms with Crippen LogP contribution in [0.2, 0.25) is 0 Å². The molecule has 0 amide bonds. The number of hydrogen-bond acceptors (Lipinski definition) is 2. The van der Waals surface area contributed by atoms with Crippen molar-refractivity contribution in [2.24, 2.45) is 10.9 Å². The highest BCUT2D eigenvalue weighted by molar-refractivity contribution is 9.10. The van der Waals surface area contributed by atoms with Crippen molar-refractivity contribution in [3.8, 4) is 0 Å². The van der Waals surface area contributed by atoms with Gasteiger partial charge in [0.2, 0.25) is 0 Å². The van der Waals surface area contributed by atoms with Crippen LogP contribution in [-0.2, 0) is 6.18 Å². The van der Waals surface area contributed by atoms with Crippen LogP contribution in [0.5, 0.6) is 0 Å². The van der Waals surface area contributed by atoms with Gasteiger partial charge in [0.25, 0.3) is 0 Å². The quantitative estimate of drug-likeness (QED) is 0.712. The molecule has 90 valence electrons. The number of ketones is 1. The molecule has 17 heavy (non-hydrogen) atoms. The summed E-state index contributed by atoms with van der Waals surface area (Å²) in [6.07, 6.45) is -3.10. The second-order valence-corrected chi connectivity index (χ2v) is 4.63. The molecule has 0 aliphatic carbocycles. The lowest BCUT2D eigenvalue weighted by molar-refractivity contribution is -0.138. The zero-order valence-corrected chi connectivity index (χ0v) is 10.3. The van der Waals surface area contributed by atoms with Crippen molar-refractivity contribution in [2.45, 2.75) is 13.1 Å². The van der Waals surface area contributed by atoms with Crippen molar-refractivity contribution in [2.75, 3.05) is 0 Å². The molecular formula is C11H7BrF3NO. The van der Waals surface area contributed by atoms with E-state index in [-0.39, 0.29) is 21.5 Å². The van der Waals surface area contributed by atoms with Crippen LogP contribution < -0.4 is 0 Å². The SMILES string of the molecule is CC1C=Nc2cc(C(F)(F)F)c(Br)cc2C1=O. The average molecular weight is 306 g/mol. The van der Waals surface area contributed by atoms with Crippen LogP contribution in [-0.4, -0.2) is 12.0 Å². The number of rotatable bonds is 0. The molecule has 2 rings (SSSR count). The Labute approximate surface area is 104 Å². The number of aliphatic imine (C=N–C) groups is 1. The Bertz CT molecular complexity index is 522. The van der Waals surface area contributed by atoms with Gasteiger partial charge in [-0.05, 0) is 12.1 Å². The van der Waals surface area contributed by atoms with E-state index in [0.29, 0.717) is 0 Å². The lowest BCUT2D eigenvalue weighted by Crippen LogP contribution is -2.17.